The molecule has 0 heterocycles. The number of hydrogen-bond donors (Lipinski definition) is 1. The summed E-state index contributed by atoms with van der Waals surface area (Å²) in [5.41, 5.74) is -0.351. The fourth-order valence-corrected chi connectivity index (χ4v) is 1.52. The third-order valence-electron chi connectivity index (χ3n) is 2.65. The maximum atomic E-state index is 13.4. The molecule has 1 N–H and O–H groups in total. The van der Waals surface area contributed by atoms with Crippen LogP contribution in [0.1, 0.15) is 25.8 Å². The molecule has 6 heteroatoms. The summed E-state index contributed by atoms with van der Waals surface area (Å²) in [6.45, 7) is 4.53. The van der Waals surface area contributed by atoms with Gasteiger partial charge in [-0.05, 0) is 19.0 Å². The van der Waals surface area contributed by atoms with Crippen LogP contribution in [0.3, 0.4) is 0 Å². The van der Waals surface area contributed by atoms with Crippen LogP contribution in [0.15, 0.2) is 5.57 Å². The van der Waals surface area contributed by atoms with Crippen molar-refractivity contribution >= 4 is 6.08 Å². The molecule has 0 saturated carbocycles. The highest BCUT2D eigenvalue weighted by Crippen LogP contribution is 2.25. The molecular weight excluding hydrogens is 265 g/mol. The van der Waals surface area contributed by atoms with E-state index >= 15 is 0 Å². The molecule has 0 aliphatic carbocycles. The van der Waals surface area contributed by atoms with Crippen molar-refractivity contribution in [3.63, 3.8) is 0 Å². The SMILES string of the molecule is CCNCC(=Cc1c(F)c(F)c(F)c(F)c1F)CC. The second-order valence-electron chi connectivity index (χ2n) is 3.92. The van der Waals surface area contributed by atoms with E-state index in [1.54, 1.807) is 6.92 Å². The fourth-order valence-electron chi connectivity index (χ4n) is 1.52. The van der Waals surface area contributed by atoms with Crippen LogP contribution in [0.4, 0.5) is 22.0 Å². The molecule has 0 spiro atoms. The van der Waals surface area contributed by atoms with E-state index < -0.39 is 34.6 Å². The third kappa shape index (κ3) is 3.32. The Morgan fingerprint density at radius 1 is 0.895 bits per heavy atom. The lowest BCUT2D eigenvalue weighted by Gasteiger charge is -2.08. The minimum absolute atomic E-state index is 0.326. The van der Waals surface area contributed by atoms with Gasteiger partial charge in [0.15, 0.2) is 23.3 Å². The monoisotopic (exact) mass is 279 g/mol. The van der Waals surface area contributed by atoms with Gasteiger partial charge in [0.1, 0.15) is 0 Å². The maximum Gasteiger partial charge on any atom is 0.200 e. The lowest BCUT2D eigenvalue weighted by atomic mass is 10.1. The third-order valence-corrected chi connectivity index (χ3v) is 2.65. The molecule has 0 fully saturated rings. The van der Waals surface area contributed by atoms with Gasteiger partial charge in [-0.25, -0.2) is 22.0 Å². The Hall–Kier alpha value is -1.43. The fraction of sp³-hybridized carbons (Fsp3) is 0.385. The van der Waals surface area contributed by atoms with Gasteiger partial charge in [-0.2, -0.15) is 0 Å². The molecule has 0 radical (unpaired) electrons. The van der Waals surface area contributed by atoms with Gasteiger partial charge in [0.25, 0.3) is 0 Å². The van der Waals surface area contributed by atoms with Crippen LogP contribution in [0.2, 0.25) is 0 Å². The summed E-state index contributed by atoms with van der Waals surface area (Å²) in [6, 6.07) is 0. The number of halogens is 5. The van der Waals surface area contributed by atoms with E-state index in [9.17, 15) is 22.0 Å². The number of nitrogens with one attached hydrogen (secondary N) is 1. The molecule has 106 valence electrons. The van der Waals surface area contributed by atoms with E-state index in [0.717, 1.165) is 6.08 Å². The molecule has 1 aromatic carbocycles. The Labute approximate surface area is 108 Å². The Morgan fingerprint density at radius 2 is 1.37 bits per heavy atom. The second-order valence-corrected chi connectivity index (χ2v) is 3.92. The maximum absolute atomic E-state index is 13.4. The van der Waals surface area contributed by atoms with Gasteiger partial charge >= 0.3 is 0 Å². The minimum atomic E-state index is -2.14. The molecular formula is C13H14F5N. The lowest BCUT2D eigenvalue weighted by Crippen LogP contribution is -2.16. The van der Waals surface area contributed by atoms with Gasteiger partial charge in [0.2, 0.25) is 5.82 Å². The molecule has 0 bridgehead atoms. The average Bonchev–Trinajstić information content (AvgIpc) is 2.42. The van der Waals surface area contributed by atoms with Crippen molar-refractivity contribution in [1.82, 2.24) is 5.32 Å². The summed E-state index contributed by atoms with van der Waals surface area (Å²) in [4.78, 5) is 0. The van der Waals surface area contributed by atoms with Crippen molar-refractivity contribution in [1.29, 1.82) is 0 Å². The standard InChI is InChI=1S/C13H14F5N/c1-3-7(6-19-4-2)5-8-9(14)11(16)13(18)12(17)10(8)15/h5,19H,3-4,6H2,1-2H3. The quantitative estimate of drug-likeness (QED) is 0.491. The van der Waals surface area contributed by atoms with Gasteiger partial charge in [-0.3, -0.25) is 0 Å². The zero-order valence-electron chi connectivity index (χ0n) is 10.6. The zero-order chi connectivity index (χ0) is 14.6. The molecule has 0 amide bonds. The second kappa shape index (κ2) is 6.65. The van der Waals surface area contributed by atoms with E-state index in [1.807, 2.05) is 6.92 Å². The van der Waals surface area contributed by atoms with E-state index in [0.29, 0.717) is 25.1 Å². The Kier molecular flexibility index (Phi) is 5.47. The summed E-state index contributed by atoms with van der Waals surface area (Å²) >= 11 is 0. The lowest BCUT2D eigenvalue weighted by molar-refractivity contribution is 0.377. The van der Waals surface area contributed by atoms with E-state index in [2.05, 4.69) is 5.32 Å². The Morgan fingerprint density at radius 3 is 1.79 bits per heavy atom. The van der Waals surface area contributed by atoms with Crippen LogP contribution in [0, 0.1) is 29.1 Å². The van der Waals surface area contributed by atoms with E-state index in [4.69, 9.17) is 0 Å². The van der Waals surface area contributed by atoms with Gasteiger partial charge in [-0.15, -0.1) is 0 Å². The summed E-state index contributed by atoms with van der Waals surface area (Å²) in [6.07, 6.45) is 1.44. The Bertz CT molecular complexity index is 467. The smallest absolute Gasteiger partial charge is 0.200 e. The molecule has 0 atom stereocenters. The molecule has 19 heavy (non-hydrogen) atoms. The van der Waals surface area contributed by atoms with Crippen LogP contribution < -0.4 is 5.32 Å². The summed E-state index contributed by atoms with van der Waals surface area (Å²) in [7, 11) is 0. The first-order valence-corrected chi connectivity index (χ1v) is 5.85. The highest BCUT2D eigenvalue weighted by molar-refractivity contribution is 5.55. The first kappa shape index (κ1) is 15.6. The van der Waals surface area contributed by atoms with Gasteiger partial charge in [0.05, 0.1) is 5.56 Å². The van der Waals surface area contributed by atoms with Crippen LogP contribution in [0.25, 0.3) is 6.08 Å². The van der Waals surface area contributed by atoms with Crippen LogP contribution >= 0.6 is 0 Å². The molecule has 0 aliphatic heterocycles. The van der Waals surface area contributed by atoms with Crippen molar-refractivity contribution in [2.24, 2.45) is 0 Å². The predicted octanol–water partition coefficient (Wildman–Crippen LogP) is 3.79. The molecule has 0 unspecified atom stereocenters. The molecule has 0 aromatic heterocycles. The summed E-state index contributed by atoms with van der Waals surface area (Å²) in [5, 5.41) is 2.92. The number of hydrogen-bond acceptors (Lipinski definition) is 1. The number of rotatable bonds is 5. The van der Waals surface area contributed by atoms with Crippen molar-refractivity contribution in [2.75, 3.05) is 13.1 Å². The number of likely N-dealkylation sites (N-methyl/N-ethyl adjacent to an activating group) is 1. The van der Waals surface area contributed by atoms with Gasteiger partial charge < -0.3 is 5.32 Å². The first-order valence-electron chi connectivity index (χ1n) is 5.85. The molecule has 0 saturated heterocycles. The molecule has 1 nitrogen and oxygen atoms in total. The summed E-state index contributed by atoms with van der Waals surface area (Å²) in [5.74, 6) is -9.61. The van der Waals surface area contributed by atoms with Crippen LogP contribution in [-0.2, 0) is 0 Å². The van der Waals surface area contributed by atoms with Crippen molar-refractivity contribution in [3.8, 4) is 0 Å². The number of benzene rings is 1. The largest absolute Gasteiger partial charge is 0.313 e. The normalized spacial score (nSPS) is 12.1. The predicted molar refractivity (Wildman–Crippen MR) is 63.0 cm³/mol. The van der Waals surface area contributed by atoms with E-state index in [1.165, 1.54) is 0 Å². The van der Waals surface area contributed by atoms with E-state index in [-0.39, 0.29) is 0 Å². The molecule has 1 aromatic rings. The highest BCUT2D eigenvalue weighted by Gasteiger charge is 2.24. The van der Waals surface area contributed by atoms with Crippen molar-refractivity contribution in [2.45, 2.75) is 20.3 Å². The van der Waals surface area contributed by atoms with Crippen molar-refractivity contribution < 1.29 is 22.0 Å². The van der Waals surface area contributed by atoms with Crippen LogP contribution in [0.5, 0.6) is 0 Å². The molecule has 1 rings (SSSR count). The van der Waals surface area contributed by atoms with Gasteiger partial charge in [-0.1, -0.05) is 19.4 Å². The first-order chi connectivity index (χ1) is 8.93. The van der Waals surface area contributed by atoms with Crippen molar-refractivity contribution in [3.05, 3.63) is 40.2 Å². The average molecular weight is 279 g/mol. The highest BCUT2D eigenvalue weighted by atomic mass is 19.2. The topological polar surface area (TPSA) is 12.0 Å². The van der Waals surface area contributed by atoms with Gasteiger partial charge in [0, 0.05) is 6.54 Å². The van der Waals surface area contributed by atoms with Crippen LogP contribution in [-0.4, -0.2) is 13.1 Å². The molecule has 0 aliphatic rings. The Balaban J connectivity index is 3.30. The minimum Gasteiger partial charge on any atom is -0.313 e. The zero-order valence-corrected chi connectivity index (χ0v) is 10.6. The summed E-state index contributed by atoms with van der Waals surface area (Å²) < 4.78 is 65.7.